The summed E-state index contributed by atoms with van der Waals surface area (Å²) in [5.41, 5.74) is 0.164. The van der Waals surface area contributed by atoms with Crippen LogP contribution in [0.5, 0.6) is 0 Å². The first-order chi connectivity index (χ1) is 12.7. The van der Waals surface area contributed by atoms with Crippen molar-refractivity contribution in [1.82, 2.24) is 20.9 Å². The minimum absolute atomic E-state index is 0.0835. The summed E-state index contributed by atoms with van der Waals surface area (Å²) in [5, 5.41) is 9.11. The summed E-state index contributed by atoms with van der Waals surface area (Å²) in [5.74, 6) is -0.0835. The lowest BCUT2D eigenvalue weighted by Crippen LogP contribution is -2.62. The fourth-order valence-electron chi connectivity index (χ4n) is 4.10. The molecule has 0 aliphatic heterocycles. The number of carbonyl (C=O) groups excluding carboxylic acids is 2. The van der Waals surface area contributed by atoms with Crippen LogP contribution < -0.4 is 16.0 Å². The Morgan fingerprint density at radius 3 is 2.50 bits per heavy atom. The third kappa shape index (κ3) is 4.96. The van der Waals surface area contributed by atoms with Gasteiger partial charge in [-0.1, -0.05) is 44.6 Å². The molecule has 26 heavy (non-hydrogen) atoms. The van der Waals surface area contributed by atoms with Crippen molar-refractivity contribution in [1.29, 1.82) is 0 Å². The number of hydrogen-bond donors (Lipinski definition) is 3. The van der Waals surface area contributed by atoms with E-state index in [9.17, 15) is 9.59 Å². The van der Waals surface area contributed by atoms with E-state index in [1.54, 1.807) is 12.4 Å². The molecule has 0 bridgehead atoms. The van der Waals surface area contributed by atoms with E-state index in [4.69, 9.17) is 0 Å². The first kappa shape index (κ1) is 18.7. The van der Waals surface area contributed by atoms with Crippen molar-refractivity contribution in [2.24, 2.45) is 0 Å². The Balaban J connectivity index is 1.59. The molecule has 142 valence electrons. The van der Waals surface area contributed by atoms with Gasteiger partial charge < -0.3 is 16.0 Å². The number of pyridine rings is 1. The summed E-state index contributed by atoms with van der Waals surface area (Å²) < 4.78 is 0. The van der Waals surface area contributed by atoms with Crippen molar-refractivity contribution in [3.63, 3.8) is 0 Å². The minimum atomic E-state index is -0.792. The van der Waals surface area contributed by atoms with Gasteiger partial charge in [0.2, 0.25) is 5.91 Å². The maximum atomic E-state index is 12.9. The lowest BCUT2D eigenvalue weighted by molar-refractivity contribution is -0.128. The van der Waals surface area contributed by atoms with Crippen LogP contribution >= 0.6 is 0 Å². The van der Waals surface area contributed by atoms with E-state index in [0.717, 1.165) is 37.7 Å². The van der Waals surface area contributed by atoms with Gasteiger partial charge in [0.25, 0.3) is 0 Å². The zero-order valence-electron chi connectivity index (χ0n) is 15.4. The second-order valence-electron chi connectivity index (χ2n) is 7.62. The topological polar surface area (TPSA) is 83.1 Å². The van der Waals surface area contributed by atoms with Gasteiger partial charge >= 0.3 is 6.03 Å². The van der Waals surface area contributed by atoms with E-state index in [0.29, 0.717) is 19.4 Å². The van der Waals surface area contributed by atoms with Crippen LogP contribution in [0.4, 0.5) is 4.79 Å². The van der Waals surface area contributed by atoms with Crippen molar-refractivity contribution in [2.75, 3.05) is 0 Å². The number of hydrogen-bond acceptors (Lipinski definition) is 3. The summed E-state index contributed by atoms with van der Waals surface area (Å²) in [6.45, 7) is 0.431. The normalized spacial score (nSPS) is 20.2. The van der Waals surface area contributed by atoms with Gasteiger partial charge in [-0.25, -0.2) is 4.79 Å². The number of nitrogens with one attached hydrogen (secondary N) is 3. The molecule has 0 spiro atoms. The number of urea groups is 1. The van der Waals surface area contributed by atoms with E-state index < -0.39 is 5.54 Å². The SMILES string of the molecule is O=C(NC1CCCCC1)NC1(C(=O)NCc2cccnc2)CCCCC1. The number of carbonyl (C=O) groups is 2. The van der Waals surface area contributed by atoms with Gasteiger partial charge in [0.1, 0.15) is 5.54 Å². The largest absolute Gasteiger partial charge is 0.350 e. The Morgan fingerprint density at radius 1 is 1.08 bits per heavy atom. The Kier molecular flexibility index (Phi) is 6.47. The molecule has 2 fully saturated rings. The second-order valence-corrected chi connectivity index (χ2v) is 7.62. The molecule has 2 aliphatic rings. The quantitative estimate of drug-likeness (QED) is 0.756. The molecule has 0 atom stereocenters. The third-order valence-corrected chi connectivity index (χ3v) is 5.61. The Hall–Kier alpha value is -2.11. The molecular weight excluding hydrogens is 328 g/mol. The van der Waals surface area contributed by atoms with Crippen molar-refractivity contribution in [2.45, 2.75) is 82.3 Å². The number of rotatable bonds is 5. The monoisotopic (exact) mass is 358 g/mol. The highest BCUT2D eigenvalue weighted by Crippen LogP contribution is 2.29. The van der Waals surface area contributed by atoms with Gasteiger partial charge in [0.05, 0.1) is 0 Å². The highest BCUT2D eigenvalue weighted by atomic mass is 16.2. The van der Waals surface area contributed by atoms with Crippen LogP contribution in [0.15, 0.2) is 24.5 Å². The summed E-state index contributed by atoms with van der Waals surface area (Å²) in [4.78, 5) is 29.6. The van der Waals surface area contributed by atoms with Crippen LogP contribution in [-0.4, -0.2) is 28.5 Å². The molecule has 6 heteroatoms. The van der Waals surface area contributed by atoms with Crippen LogP contribution in [0.1, 0.15) is 69.8 Å². The molecule has 2 saturated carbocycles. The highest BCUT2D eigenvalue weighted by molar-refractivity contribution is 5.91. The van der Waals surface area contributed by atoms with E-state index in [2.05, 4.69) is 20.9 Å². The molecule has 3 amide bonds. The first-order valence-corrected chi connectivity index (χ1v) is 9.94. The van der Waals surface area contributed by atoms with E-state index in [1.807, 2.05) is 12.1 Å². The zero-order valence-corrected chi connectivity index (χ0v) is 15.4. The predicted octanol–water partition coefficient (Wildman–Crippen LogP) is 3.03. The number of aromatic nitrogens is 1. The van der Waals surface area contributed by atoms with Gasteiger partial charge in [-0.2, -0.15) is 0 Å². The van der Waals surface area contributed by atoms with Gasteiger partial charge in [0.15, 0.2) is 0 Å². The molecular formula is C20H30N4O2. The molecule has 3 N–H and O–H groups in total. The van der Waals surface area contributed by atoms with E-state index >= 15 is 0 Å². The maximum Gasteiger partial charge on any atom is 0.315 e. The molecule has 2 aliphatic carbocycles. The molecule has 1 heterocycles. The Labute approximate surface area is 155 Å². The van der Waals surface area contributed by atoms with Crippen molar-refractivity contribution >= 4 is 11.9 Å². The van der Waals surface area contributed by atoms with Crippen LogP contribution in [0.3, 0.4) is 0 Å². The van der Waals surface area contributed by atoms with Gasteiger partial charge in [-0.15, -0.1) is 0 Å². The molecule has 1 aromatic rings. The van der Waals surface area contributed by atoms with Gasteiger partial charge in [-0.3, -0.25) is 9.78 Å². The molecule has 6 nitrogen and oxygen atoms in total. The fourth-order valence-corrected chi connectivity index (χ4v) is 4.10. The lowest BCUT2D eigenvalue weighted by atomic mass is 9.81. The predicted molar refractivity (Wildman–Crippen MR) is 100 cm³/mol. The summed E-state index contributed by atoms with van der Waals surface area (Å²) >= 11 is 0. The van der Waals surface area contributed by atoms with Crippen molar-refractivity contribution < 1.29 is 9.59 Å². The Bertz CT molecular complexity index is 593. The number of nitrogens with zero attached hydrogens (tertiary/aromatic N) is 1. The van der Waals surface area contributed by atoms with Crippen molar-refractivity contribution in [3.8, 4) is 0 Å². The molecule has 0 radical (unpaired) electrons. The smallest absolute Gasteiger partial charge is 0.315 e. The van der Waals surface area contributed by atoms with Gasteiger partial charge in [0, 0.05) is 25.0 Å². The zero-order chi connectivity index (χ0) is 18.2. The van der Waals surface area contributed by atoms with Crippen LogP contribution in [0.2, 0.25) is 0 Å². The first-order valence-electron chi connectivity index (χ1n) is 9.94. The van der Waals surface area contributed by atoms with Crippen LogP contribution in [0, 0.1) is 0 Å². The summed E-state index contributed by atoms with van der Waals surface area (Å²) in [6, 6.07) is 3.83. The van der Waals surface area contributed by atoms with E-state index in [-0.39, 0.29) is 18.0 Å². The third-order valence-electron chi connectivity index (χ3n) is 5.61. The minimum Gasteiger partial charge on any atom is -0.350 e. The molecule has 3 rings (SSSR count). The summed E-state index contributed by atoms with van der Waals surface area (Å²) in [7, 11) is 0. The van der Waals surface area contributed by atoms with Crippen LogP contribution in [-0.2, 0) is 11.3 Å². The number of amides is 3. The second kappa shape index (κ2) is 9.01. The highest BCUT2D eigenvalue weighted by Gasteiger charge is 2.41. The Morgan fingerprint density at radius 2 is 1.81 bits per heavy atom. The fraction of sp³-hybridized carbons (Fsp3) is 0.650. The van der Waals surface area contributed by atoms with Gasteiger partial charge in [-0.05, 0) is 37.3 Å². The van der Waals surface area contributed by atoms with E-state index in [1.165, 1.54) is 19.3 Å². The average Bonchev–Trinajstić information content (AvgIpc) is 2.68. The standard InChI is InChI=1S/C20H30N4O2/c25-18(22-15-16-8-7-13-21-14-16)20(11-5-2-6-12-20)24-19(26)23-17-9-3-1-4-10-17/h7-8,13-14,17H,1-6,9-12,15H2,(H,22,25)(H2,23,24,26). The van der Waals surface area contributed by atoms with Crippen molar-refractivity contribution in [3.05, 3.63) is 30.1 Å². The maximum absolute atomic E-state index is 12.9. The average molecular weight is 358 g/mol. The molecule has 0 saturated heterocycles. The molecule has 0 unspecified atom stereocenters. The molecule has 1 aromatic heterocycles. The van der Waals surface area contributed by atoms with Crippen LogP contribution in [0.25, 0.3) is 0 Å². The summed E-state index contributed by atoms with van der Waals surface area (Å²) in [6.07, 6.45) is 13.6. The molecule has 0 aromatic carbocycles. The lowest BCUT2D eigenvalue weighted by Gasteiger charge is -2.37.